The van der Waals surface area contributed by atoms with Crippen LogP contribution in [0, 0.1) is 0 Å². The van der Waals surface area contributed by atoms with Gasteiger partial charge in [0.25, 0.3) is 0 Å². The molecule has 32 heavy (non-hydrogen) atoms. The number of nitrogens with two attached hydrogens (primary N) is 2. The molecule has 0 radical (unpaired) electrons. The molecule has 2 aromatic carbocycles. The van der Waals surface area contributed by atoms with Crippen LogP contribution in [0.5, 0.6) is 5.75 Å². The number of nitrogens with zero attached hydrogens (tertiary/aromatic N) is 3. The van der Waals surface area contributed by atoms with Crippen LogP contribution < -0.4 is 26.4 Å². The van der Waals surface area contributed by atoms with E-state index in [-0.39, 0.29) is 22.8 Å². The fourth-order valence-electron chi connectivity index (χ4n) is 4.14. The van der Waals surface area contributed by atoms with Crippen molar-refractivity contribution in [1.82, 2.24) is 15.3 Å². The van der Waals surface area contributed by atoms with Crippen LogP contribution in [-0.4, -0.2) is 42.8 Å². The minimum atomic E-state index is -4.56. The molecular formula is C22H25F3N6O. The first-order valence-electron chi connectivity index (χ1n) is 10.3. The van der Waals surface area contributed by atoms with E-state index in [1.165, 1.54) is 7.11 Å². The average molecular weight is 446 g/mol. The Bertz CT molecular complexity index is 1130. The number of alkyl halides is 3. The molecule has 1 fully saturated rings. The minimum Gasteiger partial charge on any atom is -0.494 e. The maximum Gasteiger partial charge on any atom is 0.416 e. The summed E-state index contributed by atoms with van der Waals surface area (Å²) in [5.74, 6) is 1.36. The lowest BCUT2D eigenvalue weighted by Crippen LogP contribution is -2.32. The molecule has 0 amide bonds. The molecule has 0 aliphatic carbocycles. The third-order valence-electron chi connectivity index (χ3n) is 5.62. The standard InChI is InChI=1S/C22H25F3N6O/c1-3-28-13-7-8-31(11-13)21-14-5-4-6-17(32-2)19(14)29-20(30-21)18-15(26)9-12(10-16(18)27)22(23,24)25/h4-6,9-10,13,28H,3,7-8,11,26-27H2,1-2H3/t13-/m0/s1. The van der Waals surface area contributed by atoms with Crippen LogP contribution in [0.4, 0.5) is 30.4 Å². The summed E-state index contributed by atoms with van der Waals surface area (Å²) in [7, 11) is 1.54. The number of benzene rings is 2. The van der Waals surface area contributed by atoms with E-state index < -0.39 is 11.7 Å². The number of para-hydroxylation sites is 1. The number of aromatic nitrogens is 2. The van der Waals surface area contributed by atoms with Gasteiger partial charge < -0.3 is 26.4 Å². The van der Waals surface area contributed by atoms with Gasteiger partial charge in [-0.05, 0) is 37.2 Å². The second-order valence-electron chi connectivity index (χ2n) is 7.74. The zero-order valence-electron chi connectivity index (χ0n) is 17.8. The normalized spacial score (nSPS) is 16.7. The fourth-order valence-corrected chi connectivity index (χ4v) is 4.14. The Kier molecular flexibility index (Phi) is 5.72. The summed E-state index contributed by atoms with van der Waals surface area (Å²) >= 11 is 0. The summed E-state index contributed by atoms with van der Waals surface area (Å²) < 4.78 is 45.0. The Hall–Kier alpha value is -3.27. The number of fused-ring (bicyclic) bond motifs is 1. The second kappa shape index (κ2) is 8.34. The number of likely N-dealkylation sites (N-methyl/N-ethyl adjacent to an activating group) is 1. The van der Waals surface area contributed by atoms with Crippen molar-refractivity contribution in [3.63, 3.8) is 0 Å². The van der Waals surface area contributed by atoms with E-state index in [4.69, 9.17) is 21.2 Å². The summed E-state index contributed by atoms with van der Waals surface area (Å²) in [6, 6.07) is 7.56. The highest BCUT2D eigenvalue weighted by Crippen LogP contribution is 2.40. The number of hydrogen-bond acceptors (Lipinski definition) is 7. The van der Waals surface area contributed by atoms with E-state index in [0.717, 1.165) is 43.6 Å². The molecule has 1 aromatic heterocycles. The van der Waals surface area contributed by atoms with Gasteiger partial charge >= 0.3 is 6.18 Å². The zero-order valence-corrected chi connectivity index (χ0v) is 17.8. The highest BCUT2D eigenvalue weighted by Gasteiger charge is 2.32. The number of halogens is 3. The molecule has 0 unspecified atom stereocenters. The Morgan fingerprint density at radius 3 is 2.53 bits per heavy atom. The molecule has 0 bridgehead atoms. The van der Waals surface area contributed by atoms with Gasteiger partial charge in [0, 0.05) is 35.9 Å². The number of nitrogen functional groups attached to an aromatic ring is 2. The smallest absolute Gasteiger partial charge is 0.416 e. The van der Waals surface area contributed by atoms with Gasteiger partial charge in [-0.1, -0.05) is 13.0 Å². The van der Waals surface area contributed by atoms with Crippen LogP contribution in [0.15, 0.2) is 30.3 Å². The molecular weight excluding hydrogens is 421 g/mol. The molecule has 3 aromatic rings. The predicted octanol–water partition coefficient (Wildman–Crippen LogP) is 3.68. The van der Waals surface area contributed by atoms with Gasteiger partial charge in [0.05, 0.1) is 18.2 Å². The summed E-state index contributed by atoms with van der Waals surface area (Å²) in [5, 5.41) is 4.23. The maximum absolute atomic E-state index is 13.2. The van der Waals surface area contributed by atoms with Gasteiger partial charge in [0.15, 0.2) is 5.82 Å². The first kappa shape index (κ1) is 21.9. The first-order chi connectivity index (χ1) is 15.2. The van der Waals surface area contributed by atoms with Crippen LogP contribution in [0.25, 0.3) is 22.3 Å². The van der Waals surface area contributed by atoms with Crippen LogP contribution in [0.3, 0.4) is 0 Å². The Labute approximate surface area is 183 Å². The Morgan fingerprint density at radius 1 is 1.19 bits per heavy atom. The quantitative estimate of drug-likeness (QED) is 0.514. The maximum atomic E-state index is 13.2. The van der Waals surface area contributed by atoms with Crippen molar-refractivity contribution in [3.8, 4) is 17.1 Å². The van der Waals surface area contributed by atoms with E-state index in [1.54, 1.807) is 6.07 Å². The third-order valence-corrected chi connectivity index (χ3v) is 5.62. The van der Waals surface area contributed by atoms with Crippen molar-refractivity contribution in [2.24, 2.45) is 0 Å². The van der Waals surface area contributed by atoms with Gasteiger partial charge in [-0.3, -0.25) is 0 Å². The highest BCUT2D eigenvalue weighted by atomic mass is 19.4. The summed E-state index contributed by atoms with van der Waals surface area (Å²) in [4.78, 5) is 11.5. The third kappa shape index (κ3) is 3.97. The topological polar surface area (TPSA) is 102 Å². The molecule has 1 atom stereocenters. The fraction of sp³-hybridized carbons (Fsp3) is 0.364. The first-order valence-corrected chi connectivity index (χ1v) is 10.3. The van der Waals surface area contributed by atoms with Crippen molar-refractivity contribution in [2.45, 2.75) is 25.6 Å². The molecule has 5 N–H and O–H groups in total. The van der Waals surface area contributed by atoms with Crippen molar-refractivity contribution in [1.29, 1.82) is 0 Å². The largest absolute Gasteiger partial charge is 0.494 e. The molecule has 0 spiro atoms. The number of hydrogen-bond donors (Lipinski definition) is 3. The lowest BCUT2D eigenvalue weighted by molar-refractivity contribution is -0.137. The molecule has 170 valence electrons. The van der Waals surface area contributed by atoms with E-state index in [9.17, 15) is 13.2 Å². The van der Waals surface area contributed by atoms with Gasteiger partial charge in [0.1, 0.15) is 17.1 Å². The van der Waals surface area contributed by atoms with E-state index in [1.807, 2.05) is 12.1 Å². The average Bonchev–Trinajstić information content (AvgIpc) is 3.20. The lowest BCUT2D eigenvalue weighted by Gasteiger charge is -2.22. The van der Waals surface area contributed by atoms with Gasteiger partial charge in [-0.25, -0.2) is 9.97 Å². The number of nitrogens with one attached hydrogen (secondary N) is 1. The summed E-state index contributed by atoms with van der Waals surface area (Å²) in [5.41, 5.74) is 11.6. The van der Waals surface area contributed by atoms with Crippen LogP contribution in [0.2, 0.25) is 0 Å². The molecule has 2 heterocycles. The van der Waals surface area contributed by atoms with Crippen molar-refractivity contribution in [2.75, 3.05) is 43.1 Å². The molecule has 4 rings (SSSR count). The molecule has 0 saturated carbocycles. The van der Waals surface area contributed by atoms with Crippen LogP contribution in [0.1, 0.15) is 18.9 Å². The van der Waals surface area contributed by atoms with Gasteiger partial charge in [-0.15, -0.1) is 0 Å². The molecule has 10 heteroatoms. The zero-order chi connectivity index (χ0) is 23.0. The lowest BCUT2D eigenvalue weighted by atomic mass is 10.0. The highest BCUT2D eigenvalue weighted by molar-refractivity contribution is 5.96. The summed E-state index contributed by atoms with van der Waals surface area (Å²) in [6.45, 7) is 4.44. The molecule has 7 nitrogen and oxygen atoms in total. The molecule has 1 saturated heterocycles. The second-order valence-corrected chi connectivity index (χ2v) is 7.74. The Balaban J connectivity index is 1.90. The van der Waals surface area contributed by atoms with E-state index in [0.29, 0.717) is 23.1 Å². The number of rotatable bonds is 5. The summed E-state index contributed by atoms with van der Waals surface area (Å²) in [6.07, 6.45) is -3.61. The van der Waals surface area contributed by atoms with Crippen molar-refractivity contribution < 1.29 is 17.9 Å². The molecule has 1 aliphatic rings. The SMILES string of the molecule is CCN[C@H]1CCN(c2nc(-c3c(N)cc(C(F)(F)F)cc3N)nc3c(OC)cccc23)C1. The van der Waals surface area contributed by atoms with E-state index in [2.05, 4.69) is 22.1 Å². The van der Waals surface area contributed by atoms with Crippen molar-refractivity contribution in [3.05, 3.63) is 35.9 Å². The minimum absolute atomic E-state index is 0.135. The van der Waals surface area contributed by atoms with Crippen molar-refractivity contribution >= 4 is 28.1 Å². The number of ether oxygens (including phenoxy) is 1. The number of methoxy groups -OCH3 is 1. The monoisotopic (exact) mass is 446 g/mol. The Morgan fingerprint density at radius 2 is 1.91 bits per heavy atom. The molecule has 1 aliphatic heterocycles. The number of anilines is 3. The van der Waals surface area contributed by atoms with Gasteiger partial charge in [0.2, 0.25) is 0 Å². The van der Waals surface area contributed by atoms with Crippen LogP contribution >= 0.6 is 0 Å². The predicted molar refractivity (Wildman–Crippen MR) is 120 cm³/mol. The van der Waals surface area contributed by atoms with E-state index >= 15 is 0 Å². The van der Waals surface area contributed by atoms with Crippen LogP contribution in [-0.2, 0) is 6.18 Å². The van der Waals surface area contributed by atoms with Gasteiger partial charge in [-0.2, -0.15) is 13.2 Å².